The lowest BCUT2D eigenvalue weighted by molar-refractivity contribution is 0.1000. The number of nitrogens with two attached hydrogens (primary N) is 1. The van der Waals surface area contributed by atoms with Crippen LogP contribution < -0.4 is 11.1 Å². The summed E-state index contributed by atoms with van der Waals surface area (Å²) in [4.78, 5) is 11.6. The Balaban J connectivity index is 2.00. The van der Waals surface area contributed by atoms with E-state index in [2.05, 4.69) is 9.71 Å². The van der Waals surface area contributed by atoms with E-state index in [4.69, 9.17) is 28.9 Å². The second kappa shape index (κ2) is 6.29. The van der Waals surface area contributed by atoms with Crippen molar-refractivity contribution in [3.05, 3.63) is 52.0 Å². The topological polar surface area (TPSA) is 102 Å². The van der Waals surface area contributed by atoms with E-state index >= 15 is 0 Å². The molecule has 1 heterocycles. The lowest BCUT2D eigenvalue weighted by Crippen LogP contribution is -2.18. The van der Waals surface area contributed by atoms with Crippen LogP contribution in [0.1, 0.15) is 10.4 Å². The number of carbonyl (C=O) groups is 1. The number of carbonyl (C=O) groups excluding carboxylic acids is 1. The van der Waals surface area contributed by atoms with Crippen LogP contribution in [0.2, 0.25) is 10.0 Å². The molecular weight excluding hydrogens is 393 g/mol. The minimum absolute atomic E-state index is 0.0658. The fourth-order valence-electron chi connectivity index (χ4n) is 1.99. The Hall–Kier alpha value is -1.74. The number of primary amides is 1. The molecule has 0 unspecified atom stereocenters. The molecule has 0 aliphatic carbocycles. The van der Waals surface area contributed by atoms with Crippen molar-refractivity contribution in [3.63, 3.8) is 0 Å². The van der Waals surface area contributed by atoms with E-state index < -0.39 is 15.9 Å². The van der Waals surface area contributed by atoms with Crippen molar-refractivity contribution in [2.24, 2.45) is 10.1 Å². The molecule has 6 nitrogen and oxygen atoms in total. The number of hydrogen-bond acceptors (Lipinski definition) is 5. The molecule has 0 saturated heterocycles. The Labute approximate surface area is 152 Å². The smallest absolute Gasteiger partial charge is 0.285 e. The number of sulfonamides is 1. The van der Waals surface area contributed by atoms with E-state index in [1.54, 1.807) is 24.3 Å². The van der Waals surface area contributed by atoms with Crippen molar-refractivity contribution in [1.29, 1.82) is 0 Å². The molecule has 0 atom stereocenters. The van der Waals surface area contributed by atoms with Crippen LogP contribution in [0.3, 0.4) is 0 Å². The summed E-state index contributed by atoms with van der Waals surface area (Å²) < 4.78 is 28.4. The Morgan fingerprint density at radius 1 is 1.17 bits per heavy atom. The van der Waals surface area contributed by atoms with Crippen LogP contribution in [0.4, 0.5) is 5.69 Å². The van der Waals surface area contributed by atoms with Gasteiger partial charge in [-0.25, -0.2) is 0 Å². The van der Waals surface area contributed by atoms with Gasteiger partial charge < -0.3 is 11.1 Å². The maximum atomic E-state index is 12.4. The van der Waals surface area contributed by atoms with Gasteiger partial charge in [-0.1, -0.05) is 23.2 Å². The minimum Gasteiger partial charge on any atom is -0.366 e. The average molecular weight is 402 g/mol. The highest BCUT2D eigenvalue weighted by Crippen LogP contribution is 2.37. The fourth-order valence-corrected chi connectivity index (χ4v) is 4.98. The second-order valence-electron chi connectivity index (χ2n) is 4.75. The molecule has 10 heteroatoms. The van der Waals surface area contributed by atoms with E-state index in [0.29, 0.717) is 15.6 Å². The van der Waals surface area contributed by atoms with Gasteiger partial charge >= 0.3 is 0 Å². The summed E-state index contributed by atoms with van der Waals surface area (Å²) in [6.45, 7) is 0. The Kier molecular flexibility index (Phi) is 4.48. The molecule has 0 aromatic heterocycles. The average Bonchev–Trinajstić information content (AvgIpc) is 2.48. The maximum Gasteiger partial charge on any atom is 0.285 e. The number of nitrogens with one attached hydrogen (secondary N) is 1. The molecule has 3 N–H and O–H groups in total. The largest absolute Gasteiger partial charge is 0.366 e. The number of amidine groups is 1. The first-order valence-electron chi connectivity index (χ1n) is 6.45. The number of thioether (sulfide) groups is 1. The highest BCUT2D eigenvalue weighted by atomic mass is 35.5. The van der Waals surface area contributed by atoms with Gasteiger partial charge in [0.2, 0.25) is 5.91 Å². The molecule has 1 aliphatic heterocycles. The number of rotatable bonds is 2. The lowest BCUT2D eigenvalue weighted by Gasteiger charge is -2.17. The Bertz CT molecular complexity index is 974. The van der Waals surface area contributed by atoms with Crippen molar-refractivity contribution in [3.8, 4) is 0 Å². The standard InChI is InChI=1S/C14H9Cl2N3O3S2/c15-7-1-3-8(4-2-7)18-14-19-24(21,22)12-5-9(13(17)20)10(16)6-11(12)23-14/h1-6H,(H2,17,20)(H,18,19). The van der Waals surface area contributed by atoms with Crippen LogP contribution in [0.5, 0.6) is 0 Å². The Morgan fingerprint density at radius 2 is 1.83 bits per heavy atom. The van der Waals surface area contributed by atoms with E-state index in [-0.39, 0.29) is 20.6 Å². The number of fused-ring (bicyclic) bond motifs is 1. The van der Waals surface area contributed by atoms with Gasteiger partial charge in [0.15, 0.2) is 5.17 Å². The van der Waals surface area contributed by atoms with Crippen molar-refractivity contribution in [2.75, 3.05) is 5.32 Å². The number of halogens is 2. The summed E-state index contributed by atoms with van der Waals surface area (Å²) in [5.41, 5.74) is 5.76. The molecule has 1 amide bonds. The predicted molar refractivity (Wildman–Crippen MR) is 95.5 cm³/mol. The van der Waals surface area contributed by atoms with Gasteiger partial charge in [-0.2, -0.15) is 8.42 Å². The SMILES string of the molecule is NC(=O)c1cc2c(cc1Cl)SC(Nc1ccc(Cl)cc1)=NS2(=O)=O. The van der Waals surface area contributed by atoms with Gasteiger partial charge in [-0.05, 0) is 48.2 Å². The molecule has 0 spiro atoms. The van der Waals surface area contributed by atoms with Crippen molar-refractivity contribution >= 4 is 61.7 Å². The van der Waals surface area contributed by atoms with Crippen LogP contribution in [-0.2, 0) is 10.0 Å². The summed E-state index contributed by atoms with van der Waals surface area (Å²) in [6.07, 6.45) is 0. The van der Waals surface area contributed by atoms with Crippen LogP contribution in [0.25, 0.3) is 0 Å². The van der Waals surface area contributed by atoms with Crippen molar-refractivity contribution in [1.82, 2.24) is 0 Å². The summed E-state index contributed by atoms with van der Waals surface area (Å²) in [5.74, 6) is -0.808. The zero-order chi connectivity index (χ0) is 17.5. The first kappa shape index (κ1) is 17.1. The van der Waals surface area contributed by atoms with Gasteiger partial charge in [-0.3, -0.25) is 4.79 Å². The summed E-state index contributed by atoms with van der Waals surface area (Å²) in [5, 5.41) is 3.70. The fraction of sp³-hybridized carbons (Fsp3) is 0. The molecule has 0 fully saturated rings. The van der Waals surface area contributed by atoms with Gasteiger partial charge in [0.25, 0.3) is 10.0 Å². The molecular formula is C14H9Cl2N3O3S2. The molecule has 1 aliphatic rings. The molecule has 0 saturated carbocycles. The van der Waals surface area contributed by atoms with Gasteiger partial charge in [0.1, 0.15) is 4.90 Å². The zero-order valence-corrected chi connectivity index (χ0v) is 14.9. The molecule has 2 aromatic rings. The molecule has 0 radical (unpaired) electrons. The van der Waals surface area contributed by atoms with E-state index in [1.807, 2.05) is 0 Å². The van der Waals surface area contributed by atoms with Crippen molar-refractivity contribution in [2.45, 2.75) is 9.79 Å². The molecule has 2 aromatic carbocycles. The second-order valence-corrected chi connectivity index (χ2v) is 8.20. The monoisotopic (exact) mass is 401 g/mol. The van der Waals surface area contributed by atoms with Gasteiger partial charge in [-0.15, -0.1) is 4.40 Å². The lowest BCUT2D eigenvalue weighted by atomic mass is 10.2. The van der Waals surface area contributed by atoms with Gasteiger partial charge in [0.05, 0.1) is 10.6 Å². The molecule has 3 rings (SSSR count). The normalized spacial score (nSPS) is 15.3. The number of anilines is 1. The van der Waals surface area contributed by atoms with E-state index in [1.165, 1.54) is 6.07 Å². The third kappa shape index (κ3) is 3.36. The quantitative estimate of drug-likeness (QED) is 0.802. The van der Waals surface area contributed by atoms with E-state index in [9.17, 15) is 13.2 Å². The first-order valence-corrected chi connectivity index (χ1v) is 9.46. The van der Waals surface area contributed by atoms with Gasteiger partial charge in [0, 0.05) is 15.6 Å². The molecule has 24 heavy (non-hydrogen) atoms. The van der Waals surface area contributed by atoms with Crippen LogP contribution in [-0.4, -0.2) is 19.5 Å². The highest BCUT2D eigenvalue weighted by Gasteiger charge is 2.28. The van der Waals surface area contributed by atoms with Crippen molar-refractivity contribution < 1.29 is 13.2 Å². The maximum absolute atomic E-state index is 12.4. The predicted octanol–water partition coefficient (Wildman–Crippen LogP) is 3.35. The third-order valence-electron chi connectivity index (χ3n) is 3.08. The molecule has 124 valence electrons. The first-order chi connectivity index (χ1) is 11.3. The third-order valence-corrected chi connectivity index (χ3v) is 6.15. The molecule has 0 bridgehead atoms. The number of amides is 1. The number of nitrogens with zero attached hydrogens (tertiary/aromatic N) is 1. The summed E-state index contributed by atoms with van der Waals surface area (Å²) >= 11 is 12.9. The Morgan fingerprint density at radius 3 is 2.46 bits per heavy atom. The highest BCUT2D eigenvalue weighted by molar-refractivity contribution is 8.15. The summed E-state index contributed by atoms with van der Waals surface area (Å²) in [7, 11) is -3.98. The van der Waals surface area contributed by atoms with Crippen LogP contribution in [0.15, 0.2) is 50.6 Å². The van der Waals surface area contributed by atoms with Crippen LogP contribution >= 0.6 is 35.0 Å². The summed E-state index contributed by atoms with van der Waals surface area (Å²) in [6, 6.07) is 9.24. The number of hydrogen-bond donors (Lipinski definition) is 2. The number of benzene rings is 2. The minimum atomic E-state index is -3.98. The van der Waals surface area contributed by atoms with Crippen LogP contribution in [0, 0.1) is 0 Å². The van der Waals surface area contributed by atoms with E-state index in [0.717, 1.165) is 17.8 Å². The zero-order valence-electron chi connectivity index (χ0n) is 11.8.